The van der Waals surface area contributed by atoms with Crippen LogP contribution in [-0.4, -0.2) is 23.2 Å². The molecule has 0 aliphatic carbocycles. The Morgan fingerprint density at radius 3 is 2.30 bits per heavy atom. The van der Waals surface area contributed by atoms with Crippen molar-refractivity contribution in [3.05, 3.63) is 41.5 Å². The number of carbonyl (C=O) groups is 1. The molecule has 20 heavy (non-hydrogen) atoms. The second kappa shape index (κ2) is 7.85. The first-order chi connectivity index (χ1) is 9.38. The second-order valence-corrected chi connectivity index (χ2v) is 5.65. The second-order valence-electron chi connectivity index (χ2n) is 5.65. The van der Waals surface area contributed by atoms with Gasteiger partial charge in [-0.3, -0.25) is 4.79 Å². The van der Waals surface area contributed by atoms with Crippen molar-refractivity contribution in [2.45, 2.75) is 52.2 Å². The van der Waals surface area contributed by atoms with Crippen LogP contribution < -0.4 is 5.32 Å². The molecule has 2 atom stereocenters. The number of rotatable bonds is 6. The highest BCUT2D eigenvalue weighted by Crippen LogP contribution is 2.15. The molecule has 1 aromatic carbocycles. The van der Waals surface area contributed by atoms with E-state index in [2.05, 4.69) is 31.3 Å². The van der Waals surface area contributed by atoms with Crippen LogP contribution in [0.15, 0.2) is 30.3 Å². The summed E-state index contributed by atoms with van der Waals surface area (Å²) in [4.78, 5) is 11.7. The zero-order valence-electron chi connectivity index (χ0n) is 12.8. The van der Waals surface area contributed by atoms with Crippen molar-refractivity contribution in [2.24, 2.45) is 0 Å². The molecule has 0 saturated carbocycles. The van der Waals surface area contributed by atoms with E-state index in [9.17, 15) is 9.90 Å². The first-order valence-electron chi connectivity index (χ1n) is 7.15. The van der Waals surface area contributed by atoms with Crippen molar-refractivity contribution in [3.63, 3.8) is 0 Å². The van der Waals surface area contributed by atoms with E-state index in [1.807, 2.05) is 19.1 Å². The van der Waals surface area contributed by atoms with Gasteiger partial charge in [0.15, 0.2) is 0 Å². The smallest absolute Gasteiger partial charge is 0.244 e. The van der Waals surface area contributed by atoms with Crippen LogP contribution in [0.4, 0.5) is 0 Å². The minimum atomic E-state index is -0.405. The van der Waals surface area contributed by atoms with Gasteiger partial charge in [-0.15, -0.1) is 0 Å². The number of amides is 1. The summed E-state index contributed by atoms with van der Waals surface area (Å²) in [5, 5.41) is 12.1. The van der Waals surface area contributed by atoms with Gasteiger partial charge in [-0.2, -0.15) is 0 Å². The van der Waals surface area contributed by atoms with Gasteiger partial charge in [0.25, 0.3) is 0 Å². The predicted octanol–water partition coefficient (Wildman–Crippen LogP) is 3.10. The van der Waals surface area contributed by atoms with E-state index in [-0.39, 0.29) is 11.9 Å². The molecule has 3 heteroatoms. The zero-order chi connectivity index (χ0) is 15.1. The maximum atomic E-state index is 11.7. The average Bonchev–Trinajstić information content (AvgIpc) is 2.35. The molecule has 3 nitrogen and oxygen atoms in total. The van der Waals surface area contributed by atoms with Crippen molar-refractivity contribution in [3.8, 4) is 0 Å². The molecule has 110 valence electrons. The summed E-state index contributed by atoms with van der Waals surface area (Å²) in [7, 11) is 0. The summed E-state index contributed by atoms with van der Waals surface area (Å²) in [6.45, 7) is 7.91. The Kier molecular flexibility index (Phi) is 6.46. The normalized spacial score (nSPS) is 14.5. The molecule has 0 bridgehead atoms. The maximum absolute atomic E-state index is 11.7. The van der Waals surface area contributed by atoms with Gasteiger partial charge in [-0.05, 0) is 43.4 Å². The molecule has 0 aliphatic heterocycles. The van der Waals surface area contributed by atoms with Crippen molar-refractivity contribution in [2.75, 3.05) is 0 Å². The molecule has 0 heterocycles. The molecule has 2 unspecified atom stereocenters. The standard InChI is InChI=1S/C17H25NO2/c1-12(2)16-8-5-15(6-9-16)7-10-17(20)18-13(3)11-14(4)19/h5-10,12-14,19H,11H2,1-4H3,(H,18,20)/b10-7+. The number of aliphatic hydroxyl groups is 1. The number of aliphatic hydroxyl groups excluding tert-OH is 1. The first-order valence-corrected chi connectivity index (χ1v) is 7.15. The lowest BCUT2D eigenvalue weighted by molar-refractivity contribution is -0.117. The zero-order valence-corrected chi connectivity index (χ0v) is 12.8. The highest BCUT2D eigenvalue weighted by Gasteiger charge is 2.07. The van der Waals surface area contributed by atoms with Gasteiger partial charge in [0.2, 0.25) is 5.91 Å². The van der Waals surface area contributed by atoms with Crippen LogP contribution in [0.5, 0.6) is 0 Å². The van der Waals surface area contributed by atoms with Crippen molar-refractivity contribution in [1.29, 1.82) is 0 Å². The highest BCUT2D eigenvalue weighted by molar-refractivity contribution is 5.91. The molecule has 0 fully saturated rings. The predicted molar refractivity (Wildman–Crippen MR) is 83.5 cm³/mol. The third kappa shape index (κ3) is 6.02. The third-order valence-corrected chi connectivity index (χ3v) is 3.11. The van der Waals surface area contributed by atoms with Gasteiger partial charge in [-0.25, -0.2) is 0 Å². The lowest BCUT2D eigenvalue weighted by atomic mass is 10.0. The molecule has 1 rings (SSSR count). The molecule has 0 aliphatic rings. The van der Waals surface area contributed by atoms with Crippen molar-refractivity contribution in [1.82, 2.24) is 5.32 Å². The maximum Gasteiger partial charge on any atom is 0.244 e. The molecular weight excluding hydrogens is 250 g/mol. The van der Waals surface area contributed by atoms with E-state index >= 15 is 0 Å². The van der Waals surface area contributed by atoms with Crippen LogP contribution in [0.1, 0.15) is 51.2 Å². The van der Waals surface area contributed by atoms with E-state index in [4.69, 9.17) is 0 Å². The Hall–Kier alpha value is -1.61. The number of nitrogens with one attached hydrogen (secondary N) is 1. The molecular formula is C17H25NO2. The first kappa shape index (κ1) is 16.4. The molecule has 1 amide bonds. The summed E-state index contributed by atoms with van der Waals surface area (Å²) < 4.78 is 0. The average molecular weight is 275 g/mol. The van der Waals surface area contributed by atoms with E-state index in [0.29, 0.717) is 12.3 Å². The fraction of sp³-hybridized carbons (Fsp3) is 0.471. The van der Waals surface area contributed by atoms with E-state index in [0.717, 1.165) is 5.56 Å². The number of carbonyl (C=O) groups excluding carboxylic acids is 1. The van der Waals surface area contributed by atoms with Gasteiger partial charge >= 0.3 is 0 Å². The van der Waals surface area contributed by atoms with Crippen LogP contribution >= 0.6 is 0 Å². The monoisotopic (exact) mass is 275 g/mol. The van der Waals surface area contributed by atoms with Crippen LogP contribution in [0.2, 0.25) is 0 Å². The van der Waals surface area contributed by atoms with Crippen molar-refractivity contribution < 1.29 is 9.90 Å². The number of hydrogen-bond acceptors (Lipinski definition) is 2. The van der Waals surface area contributed by atoms with Gasteiger partial charge in [0, 0.05) is 12.1 Å². The molecule has 0 spiro atoms. The van der Waals surface area contributed by atoms with Crippen LogP contribution in [-0.2, 0) is 4.79 Å². The fourth-order valence-corrected chi connectivity index (χ4v) is 2.03. The van der Waals surface area contributed by atoms with Crippen molar-refractivity contribution >= 4 is 12.0 Å². The summed E-state index contributed by atoms with van der Waals surface area (Å²) in [6, 6.07) is 8.16. The molecule has 0 saturated heterocycles. The summed E-state index contributed by atoms with van der Waals surface area (Å²) in [5.41, 5.74) is 2.30. The molecule has 2 N–H and O–H groups in total. The quantitative estimate of drug-likeness (QED) is 0.784. The lowest BCUT2D eigenvalue weighted by Crippen LogP contribution is -2.33. The van der Waals surface area contributed by atoms with E-state index < -0.39 is 6.10 Å². The van der Waals surface area contributed by atoms with E-state index in [1.165, 1.54) is 11.6 Å². The summed E-state index contributed by atoms with van der Waals surface area (Å²) in [5.74, 6) is 0.378. The Morgan fingerprint density at radius 2 is 1.80 bits per heavy atom. The lowest BCUT2D eigenvalue weighted by Gasteiger charge is -2.13. The minimum Gasteiger partial charge on any atom is -0.393 e. The summed E-state index contributed by atoms with van der Waals surface area (Å²) in [6.07, 6.45) is 3.48. The van der Waals surface area contributed by atoms with Crippen LogP contribution in [0, 0.1) is 0 Å². The van der Waals surface area contributed by atoms with Crippen LogP contribution in [0.3, 0.4) is 0 Å². The Morgan fingerprint density at radius 1 is 1.20 bits per heavy atom. The van der Waals surface area contributed by atoms with Gasteiger partial charge < -0.3 is 10.4 Å². The highest BCUT2D eigenvalue weighted by atomic mass is 16.3. The number of benzene rings is 1. The van der Waals surface area contributed by atoms with Gasteiger partial charge in [0.05, 0.1) is 6.10 Å². The summed E-state index contributed by atoms with van der Waals surface area (Å²) >= 11 is 0. The molecule has 1 aromatic rings. The largest absolute Gasteiger partial charge is 0.393 e. The number of hydrogen-bond donors (Lipinski definition) is 2. The van der Waals surface area contributed by atoms with E-state index in [1.54, 1.807) is 13.0 Å². The molecule has 0 radical (unpaired) electrons. The Bertz CT molecular complexity index is 447. The van der Waals surface area contributed by atoms with Gasteiger partial charge in [0.1, 0.15) is 0 Å². The fourth-order valence-electron chi connectivity index (χ4n) is 2.03. The minimum absolute atomic E-state index is 0.0320. The third-order valence-electron chi connectivity index (χ3n) is 3.11. The topological polar surface area (TPSA) is 49.3 Å². The molecule has 0 aromatic heterocycles. The van der Waals surface area contributed by atoms with Gasteiger partial charge in [-0.1, -0.05) is 38.1 Å². The SMILES string of the molecule is CC(O)CC(C)NC(=O)/C=C/c1ccc(C(C)C)cc1. The van der Waals surface area contributed by atoms with Crippen LogP contribution in [0.25, 0.3) is 6.08 Å². The Balaban J connectivity index is 2.52. The Labute approximate surface area is 121 Å².